The maximum atomic E-state index is 14.4. The Labute approximate surface area is 286 Å². The molecule has 4 N–H and O–H groups in total. The topological polar surface area (TPSA) is 237 Å². The summed E-state index contributed by atoms with van der Waals surface area (Å²) in [4.78, 5) is 37.7. The molecule has 4 heterocycles. The zero-order valence-corrected chi connectivity index (χ0v) is 29.2. The first-order valence-electron chi connectivity index (χ1n) is 15.5. The summed E-state index contributed by atoms with van der Waals surface area (Å²) in [6.45, 7) is 8.18. The SMILES string of the molecule is COC(=O)[C@H](C)NP(=O)(Oc1ccc2c(ccn2C(=O)OC(C)(C)C)c1)O[C@@H]1C[C@@]12O[C@@H](n1cnc3c(OC)nc(N)nc31)[C@](C)(C#N)[C@@H]2O. The number of carbonyl (C=O) groups excluding carboxylic acids is 2. The number of esters is 1. The first-order valence-corrected chi connectivity index (χ1v) is 17.0. The summed E-state index contributed by atoms with van der Waals surface area (Å²) in [5, 5.41) is 25.1. The van der Waals surface area contributed by atoms with Crippen molar-refractivity contribution in [1.29, 1.82) is 5.26 Å². The van der Waals surface area contributed by atoms with Crippen LogP contribution in [0.5, 0.6) is 11.6 Å². The Hall–Kier alpha value is -4.79. The van der Waals surface area contributed by atoms with Gasteiger partial charge in [-0.15, -0.1) is 0 Å². The zero-order valence-electron chi connectivity index (χ0n) is 28.3. The minimum Gasteiger partial charge on any atom is -0.479 e. The van der Waals surface area contributed by atoms with Crippen LogP contribution in [0.2, 0.25) is 0 Å². The van der Waals surface area contributed by atoms with E-state index < -0.39 is 60.9 Å². The van der Waals surface area contributed by atoms with Crippen molar-refractivity contribution in [2.75, 3.05) is 20.0 Å². The molecular formula is C31H37N8O10P. The number of nitrogens with two attached hydrogens (primary N) is 1. The van der Waals surface area contributed by atoms with E-state index >= 15 is 0 Å². The number of ether oxygens (including phenoxy) is 4. The van der Waals surface area contributed by atoms with Gasteiger partial charge in [0.1, 0.15) is 40.6 Å². The van der Waals surface area contributed by atoms with Gasteiger partial charge in [-0.25, -0.2) is 14.3 Å². The van der Waals surface area contributed by atoms with Crippen molar-refractivity contribution >= 4 is 47.8 Å². The lowest BCUT2D eigenvalue weighted by Crippen LogP contribution is -2.39. The van der Waals surface area contributed by atoms with Gasteiger partial charge in [-0.2, -0.15) is 20.3 Å². The lowest BCUT2D eigenvalue weighted by Gasteiger charge is -2.26. The maximum absolute atomic E-state index is 14.4. The molecule has 1 aliphatic heterocycles. The number of nitriles is 1. The van der Waals surface area contributed by atoms with Gasteiger partial charge in [0, 0.05) is 18.0 Å². The van der Waals surface area contributed by atoms with Gasteiger partial charge in [0.2, 0.25) is 11.8 Å². The average molecular weight is 713 g/mol. The first kappa shape index (κ1) is 35.1. The van der Waals surface area contributed by atoms with Crippen molar-refractivity contribution in [1.82, 2.24) is 29.2 Å². The quantitative estimate of drug-likeness (QED) is 0.166. The number of aliphatic hydroxyl groups excluding tert-OH is 1. The third-order valence-corrected chi connectivity index (χ3v) is 10.2. The maximum Gasteiger partial charge on any atom is 0.459 e. The molecule has 1 spiro atoms. The largest absolute Gasteiger partial charge is 0.479 e. The van der Waals surface area contributed by atoms with Crippen molar-refractivity contribution in [2.45, 2.75) is 76.7 Å². The molecule has 1 unspecified atom stereocenters. The summed E-state index contributed by atoms with van der Waals surface area (Å²) in [6.07, 6.45) is -1.35. The van der Waals surface area contributed by atoms with Gasteiger partial charge >= 0.3 is 19.8 Å². The van der Waals surface area contributed by atoms with E-state index in [4.69, 9.17) is 33.7 Å². The molecule has 2 fully saturated rings. The van der Waals surface area contributed by atoms with E-state index in [1.165, 1.54) is 61.9 Å². The Balaban J connectivity index is 1.29. The molecule has 6 rings (SSSR count). The fourth-order valence-corrected chi connectivity index (χ4v) is 7.70. The van der Waals surface area contributed by atoms with Crippen molar-refractivity contribution in [3.05, 3.63) is 36.8 Å². The molecule has 7 atom stereocenters. The van der Waals surface area contributed by atoms with Gasteiger partial charge in [0.15, 0.2) is 17.4 Å². The summed E-state index contributed by atoms with van der Waals surface area (Å²) < 4.78 is 51.1. The van der Waals surface area contributed by atoms with E-state index in [9.17, 15) is 24.5 Å². The molecule has 0 radical (unpaired) electrons. The van der Waals surface area contributed by atoms with Crippen LogP contribution in [0.15, 0.2) is 36.8 Å². The summed E-state index contributed by atoms with van der Waals surface area (Å²) in [6, 6.07) is 7.24. The molecule has 4 aromatic rings. The number of anilines is 1. The van der Waals surface area contributed by atoms with Crippen LogP contribution in [-0.2, 0) is 28.1 Å². The Morgan fingerprint density at radius 2 is 2.00 bits per heavy atom. The van der Waals surface area contributed by atoms with Crippen molar-refractivity contribution < 1.29 is 47.3 Å². The molecule has 266 valence electrons. The first-order chi connectivity index (χ1) is 23.5. The average Bonchev–Trinajstić information content (AvgIpc) is 3.30. The summed E-state index contributed by atoms with van der Waals surface area (Å²) >= 11 is 0. The van der Waals surface area contributed by atoms with Crippen LogP contribution in [0.4, 0.5) is 10.7 Å². The highest BCUT2D eigenvalue weighted by atomic mass is 31.2. The number of hydrogen-bond acceptors (Lipinski definition) is 15. The molecule has 0 amide bonds. The molecule has 19 heteroatoms. The molecular weight excluding hydrogens is 675 g/mol. The van der Waals surface area contributed by atoms with Crippen LogP contribution in [-0.4, -0.2) is 84.9 Å². The highest BCUT2D eigenvalue weighted by molar-refractivity contribution is 7.52. The van der Waals surface area contributed by atoms with Crippen LogP contribution in [0.3, 0.4) is 0 Å². The highest BCUT2D eigenvalue weighted by Crippen LogP contribution is 2.65. The summed E-state index contributed by atoms with van der Waals surface area (Å²) in [5.41, 5.74) is 3.02. The molecule has 2 aliphatic rings. The lowest BCUT2D eigenvalue weighted by atomic mass is 9.83. The van der Waals surface area contributed by atoms with Crippen molar-refractivity contribution in [3.8, 4) is 17.7 Å². The summed E-state index contributed by atoms with van der Waals surface area (Å²) in [7, 11) is -1.90. The predicted octanol–water partition coefficient (Wildman–Crippen LogP) is 3.44. The van der Waals surface area contributed by atoms with Crippen LogP contribution < -0.4 is 20.1 Å². The number of methoxy groups -OCH3 is 2. The Bertz CT molecular complexity index is 2090. The number of aliphatic hydroxyl groups is 1. The molecule has 1 aromatic carbocycles. The fourth-order valence-electron chi connectivity index (χ4n) is 5.99. The standard InChI is InChI=1S/C31H37N8O10P/c1-16(24(40)45-7)37-50(43,48-18-8-9-19-17(12-18)10-11-38(19)28(42)47-29(2,3)4)49-20-13-31(20)25(41)30(5,14-32)26(46-31)39-15-34-21-22(39)35-27(33)36-23(21)44-6/h8-12,15-16,20,25-26,41H,13H2,1-7H3,(H,37,43)(H2,33,35,36)/t16-,20+,25-,26+,30+,31+,50?/m0/s1. The number of nitrogens with zero attached hydrogens (tertiary/aromatic N) is 6. The number of rotatable bonds is 9. The molecule has 0 bridgehead atoms. The second kappa shape index (κ2) is 12.2. The van der Waals surface area contributed by atoms with Gasteiger partial charge in [0.25, 0.3) is 0 Å². The second-order valence-electron chi connectivity index (χ2n) is 13.3. The minimum atomic E-state index is -4.46. The molecule has 1 saturated heterocycles. The smallest absolute Gasteiger partial charge is 0.459 e. The molecule has 1 saturated carbocycles. The van der Waals surface area contributed by atoms with Crippen LogP contribution in [0.25, 0.3) is 22.1 Å². The minimum absolute atomic E-state index is 0.00835. The fraction of sp³-hybridized carbons (Fsp3) is 0.484. The number of nitrogens with one attached hydrogen (secondary N) is 1. The normalized spacial score (nSPS) is 26.3. The Morgan fingerprint density at radius 3 is 2.66 bits per heavy atom. The number of benzene rings is 1. The van der Waals surface area contributed by atoms with Crippen LogP contribution >= 0.6 is 7.75 Å². The van der Waals surface area contributed by atoms with E-state index in [2.05, 4.69) is 26.1 Å². The van der Waals surface area contributed by atoms with E-state index in [1.54, 1.807) is 32.9 Å². The lowest BCUT2D eigenvalue weighted by molar-refractivity contribution is -0.142. The third-order valence-electron chi connectivity index (χ3n) is 8.51. The molecule has 18 nitrogen and oxygen atoms in total. The summed E-state index contributed by atoms with van der Waals surface area (Å²) in [5.74, 6) is -0.676. The van der Waals surface area contributed by atoms with Crippen molar-refractivity contribution in [3.63, 3.8) is 0 Å². The van der Waals surface area contributed by atoms with Crippen molar-refractivity contribution in [2.24, 2.45) is 5.41 Å². The number of fused-ring (bicyclic) bond motifs is 2. The van der Waals surface area contributed by atoms with Crippen LogP contribution in [0, 0.1) is 16.7 Å². The number of nitrogen functional groups attached to an aromatic ring is 1. The van der Waals surface area contributed by atoms with E-state index in [1.807, 2.05) is 0 Å². The number of carbonyl (C=O) groups is 2. The van der Waals surface area contributed by atoms with Gasteiger partial charge in [-0.3, -0.25) is 18.5 Å². The molecule has 3 aromatic heterocycles. The highest BCUT2D eigenvalue weighted by Gasteiger charge is 2.75. The third kappa shape index (κ3) is 6.01. The number of imidazole rings is 1. The molecule has 50 heavy (non-hydrogen) atoms. The number of aromatic nitrogens is 5. The van der Waals surface area contributed by atoms with Gasteiger partial charge in [-0.1, -0.05) is 0 Å². The monoisotopic (exact) mass is 712 g/mol. The van der Waals surface area contributed by atoms with E-state index in [-0.39, 0.29) is 35.2 Å². The van der Waals surface area contributed by atoms with E-state index in [0.29, 0.717) is 10.9 Å². The Kier molecular flexibility index (Phi) is 8.56. The van der Waals surface area contributed by atoms with E-state index in [0.717, 1.165) is 0 Å². The predicted molar refractivity (Wildman–Crippen MR) is 175 cm³/mol. The van der Waals surface area contributed by atoms with Gasteiger partial charge in [0.05, 0.1) is 32.1 Å². The van der Waals surface area contributed by atoms with Crippen LogP contribution in [0.1, 0.15) is 47.3 Å². The van der Waals surface area contributed by atoms with Gasteiger partial charge in [-0.05, 0) is 58.9 Å². The number of hydrogen-bond donors (Lipinski definition) is 3. The Morgan fingerprint density at radius 1 is 1.26 bits per heavy atom. The molecule has 1 aliphatic carbocycles. The second-order valence-corrected chi connectivity index (χ2v) is 14.9. The van der Waals surface area contributed by atoms with Gasteiger partial charge < -0.3 is 34.3 Å². The zero-order chi connectivity index (χ0) is 36.4.